The lowest BCUT2D eigenvalue weighted by molar-refractivity contribution is -0.116. The fourth-order valence-corrected chi connectivity index (χ4v) is 2.69. The van der Waals surface area contributed by atoms with Gasteiger partial charge < -0.3 is 9.74 Å². The van der Waals surface area contributed by atoms with Crippen LogP contribution in [0.25, 0.3) is 0 Å². The Bertz CT molecular complexity index is 490. The van der Waals surface area contributed by atoms with Crippen LogP contribution in [0.5, 0.6) is 0 Å². The summed E-state index contributed by atoms with van der Waals surface area (Å²) in [5, 5.41) is 3.10. The van der Waals surface area contributed by atoms with E-state index in [-0.39, 0.29) is 10.9 Å². The molecular weight excluding hydrogens is 290 g/mol. The summed E-state index contributed by atoms with van der Waals surface area (Å²) in [5.41, 5.74) is 1.10. The standard InChI is InChI=1S/C18H29NO2Si/c1-18(2,3)22(4,5)21-14-10-9-13-17(20)19-15-16-11-7-6-8-12-16/h6-9,11-13H,10,14-15H2,1-5H3,(H,19,20)/b13-9+. The van der Waals surface area contributed by atoms with E-state index in [1.807, 2.05) is 36.4 Å². The van der Waals surface area contributed by atoms with Crippen molar-refractivity contribution < 1.29 is 9.22 Å². The van der Waals surface area contributed by atoms with Crippen LogP contribution in [0.15, 0.2) is 42.5 Å². The zero-order valence-electron chi connectivity index (χ0n) is 14.5. The minimum Gasteiger partial charge on any atom is -0.417 e. The molecule has 0 aliphatic heterocycles. The van der Waals surface area contributed by atoms with Gasteiger partial charge in [-0.1, -0.05) is 57.2 Å². The quantitative estimate of drug-likeness (QED) is 0.463. The average molecular weight is 320 g/mol. The summed E-state index contributed by atoms with van der Waals surface area (Å²) in [6, 6.07) is 9.90. The molecule has 0 aliphatic rings. The Morgan fingerprint density at radius 3 is 2.45 bits per heavy atom. The summed E-state index contributed by atoms with van der Waals surface area (Å²) in [7, 11) is -1.68. The van der Waals surface area contributed by atoms with Gasteiger partial charge in [0.25, 0.3) is 0 Å². The molecule has 0 unspecified atom stereocenters. The van der Waals surface area contributed by atoms with Gasteiger partial charge in [-0.2, -0.15) is 0 Å². The average Bonchev–Trinajstić information content (AvgIpc) is 2.44. The summed E-state index contributed by atoms with van der Waals surface area (Å²) < 4.78 is 6.06. The normalized spacial score (nSPS) is 12.6. The fraction of sp³-hybridized carbons (Fsp3) is 0.500. The van der Waals surface area contributed by atoms with Gasteiger partial charge in [-0.25, -0.2) is 0 Å². The van der Waals surface area contributed by atoms with Crippen molar-refractivity contribution in [2.75, 3.05) is 6.61 Å². The van der Waals surface area contributed by atoms with Crippen molar-refractivity contribution in [1.82, 2.24) is 5.32 Å². The van der Waals surface area contributed by atoms with E-state index in [1.54, 1.807) is 6.08 Å². The molecule has 1 aromatic carbocycles. The lowest BCUT2D eigenvalue weighted by atomic mass is 10.2. The molecule has 122 valence electrons. The molecule has 1 aromatic rings. The van der Waals surface area contributed by atoms with Crippen molar-refractivity contribution in [2.24, 2.45) is 0 Å². The van der Waals surface area contributed by atoms with Crippen LogP contribution in [-0.2, 0) is 15.8 Å². The molecule has 0 saturated carbocycles. The molecule has 0 heterocycles. The van der Waals surface area contributed by atoms with Gasteiger partial charge in [0, 0.05) is 13.2 Å². The molecule has 0 aliphatic carbocycles. The third-order valence-electron chi connectivity index (χ3n) is 4.13. The van der Waals surface area contributed by atoms with Crippen LogP contribution >= 0.6 is 0 Å². The van der Waals surface area contributed by atoms with Crippen molar-refractivity contribution in [2.45, 2.75) is 51.9 Å². The predicted molar refractivity (Wildman–Crippen MR) is 95.2 cm³/mol. The van der Waals surface area contributed by atoms with Crippen molar-refractivity contribution >= 4 is 14.2 Å². The molecule has 0 radical (unpaired) electrons. The van der Waals surface area contributed by atoms with Crippen LogP contribution in [0, 0.1) is 0 Å². The van der Waals surface area contributed by atoms with Gasteiger partial charge in [0.1, 0.15) is 0 Å². The molecule has 3 nitrogen and oxygen atoms in total. The molecule has 0 atom stereocenters. The zero-order valence-corrected chi connectivity index (χ0v) is 15.5. The van der Waals surface area contributed by atoms with Gasteiger partial charge in [-0.05, 0) is 36.2 Å². The van der Waals surface area contributed by atoms with E-state index in [4.69, 9.17) is 4.43 Å². The second-order valence-corrected chi connectivity index (χ2v) is 11.8. The molecule has 1 rings (SSSR count). The summed E-state index contributed by atoms with van der Waals surface area (Å²) in [6.07, 6.45) is 4.25. The van der Waals surface area contributed by atoms with Gasteiger partial charge in [-0.15, -0.1) is 0 Å². The second kappa shape index (κ2) is 8.29. The third kappa shape index (κ3) is 6.58. The van der Waals surface area contributed by atoms with Crippen LogP contribution in [-0.4, -0.2) is 20.8 Å². The number of rotatable bonds is 7. The number of benzene rings is 1. The summed E-state index contributed by atoms with van der Waals surface area (Å²) in [6.45, 7) is 12.4. The first-order valence-corrected chi connectivity index (χ1v) is 10.8. The molecule has 0 bridgehead atoms. The fourth-order valence-electron chi connectivity index (χ4n) is 1.63. The first kappa shape index (κ1) is 18.7. The van der Waals surface area contributed by atoms with Crippen LogP contribution in [0.3, 0.4) is 0 Å². The predicted octanol–water partition coefficient (Wildman–Crippen LogP) is 4.27. The topological polar surface area (TPSA) is 38.3 Å². The smallest absolute Gasteiger partial charge is 0.243 e. The van der Waals surface area contributed by atoms with E-state index in [1.165, 1.54) is 0 Å². The van der Waals surface area contributed by atoms with Crippen LogP contribution in [0.4, 0.5) is 0 Å². The number of carbonyl (C=O) groups is 1. The maximum absolute atomic E-state index is 11.7. The van der Waals surface area contributed by atoms with E-state index in [9.17, 15) is 4.79 Å². The van der Waals surface area contributed by atoms with Gasteiger partial charge in [-0.3, -0.25) is 4.79 Å². The summed E-state index contributed by atoms with van der Waals surface area (Å²) in [4.78, 5) is 11.7. The van der Waals surface area contributed by atoms with Crippen molar-refractivity contribution in [3.8, 4) is 0 Å². The minimum atomic E-state index is -1.68. The summed E-state index contributed by atoms with van der Waals surface area (Å²) >= 11 is 0. The van der Waals surface area contributed by atoms with Crippen LogP contribution < -0.4 is 5.32 Å². The highest BCUT2D eigenvalue weighted by Crippen LogP contribution is 2.36. The molecule has 1 N–H and O–H groups in total. The molecule has 1 amide bonds. The molecule has 0 fully saturated rings. The van der Waals surface area contributed by atoms with E-state index in [2.05, 4.69) is 39.2 Å². The van der Waals surface area contributed by atoms with Crippen molar-refractivity contribution in [3.63, 3.8) is 0 Å². The molecule has 0 saturated heterocycles. The maximum atomic E-state index is 11.7. The highest BCUT2D eigenvalue weighted by molar-refractivity contribution is 6.74. The van der Waals surface area contributed by atoms with E-state index >= 15 is 0 Å². The Morgan fingerprint density at radius 1 is 1.23 bits per heavy atom. The Balaban J connectivity index is 2.24. The first-order valence-electron chi connectivity index (χ1n) is 7.84. The molecular formula is C18H29NO2Si. The SMILES string of the molecule is CC(C)(C)[Si](C)(C)OCC/C=C/C(=O)NCc1ccccc1. The number of hydrogen-bond donors (Lipinski definition) is 1. The Labute approximate surface area is 135 Å². The van der Waals surface area contributed by atoms with Crippen LogP contribution in [0.2, 0.25) is 18.1 Å². The van der Waals surface area contributed by atoms with Gasteiger partial charge in [0.2, 0.25) is 5.91 Å². The summed E-state index contributed by atoms with van der Waals surface area (Å²) in [5.74, 6) is -0.0591. The second-order valence-electron chi connectivity index (χ2n) is 7.00. The van der Waals surface area contributed by atoms with Crippen molar-refractivity contribution in [1.29, 1.82) is 0 Å². The van der Waals surface area contributed by atoms with E-state index in [0.29, 0.717) is 13.2 Å². The van der Waals surface area contributed by atoms with Crippen LogP contribution in [0.1, 0.15) is 32.8 Å². The van der Waals surface area contributed by atoms with E-state index in [0.717, 1.165) is 12.0 Å². The number of hydrogen-bond acceptors (Lipinski definition) is 2. The molecule has 4 heteroatoms. The van der Waals surface area contributed by atoms with Gasteiger partial charge >= 0.3 is 0 Å². The van der Waals surface area contributed by atoms with Gasteiger partial charge in [0.05, 0.1) is 0 Å². The number of carbonyl (C=O) groups excluding carboxylic acids is 1. The zero-order chi connectivity index (χ0) is 16.6. The number of amides is 1. The van der Waals surface area contributed by atoms with Crippen molar-refractivity contribution in [3.05, 3.63) is 48.0 Å². The highest BCUT2D eigenvalue weighted by Gasteiger charge is 2.36. The van der Waals surface area contributed by atoms with E-state index < -0.39 is 8.32 Å². The largest absolute Gasteiger partial charge is 0.417 e. The lowest BCUT2D eigenvalue weighted by Crippen LogP contribution is -2.40. The number of nitrogens with one attached hydrogen (secondary N) is 1. The molecule has 0 aromatic heterocycles. The lowest BCUT2D eigenvalue weighted by Gasteiger charge is -2.36. The first-order chi connectivity index (χ1) is 10.2. The molecule has 22 heavy (non-hydrogen) atoms. The Morgan fingerprint density at radius 2 is 1.86 bits per heavy atom. The molecule has 0 spiro atoms. The Hall–Kier alpha value is -1.39. The minimum absolute atomic E-state index is 0.0591. The highest BCUT2D eigenvalue weighted by atomic mass is 28.4. The third-order valence-corrected chi connectivity index (χ3v) is 8.67. The van der Waals surface area contributed by atoms with Gasteiger partial charge in [0.15, 0.2) is 8.32 Å². The monoisotopic (exact) mass is 319 g/mol. The maximum Gasteiger partial charge on any atom is 0.243 e. The Kier molecular flexibility index (Phi) is 7.03.